The van der Waals surface area contributed by atoms with E-state index in [1.54, 1.807) is 6.07 Å². The molecule has 1 aromatic carbocycles. The molecule has 122 valence electrons. The van der Waals surface area contributed by atoms with Gasteiger partial charge in [0.1, 0.15) is 5.75 Å². The molecule has 0 spiro atoms. The van der Waals surface area contributed by atoms with E-state index in [1.807, 2.05) is 27.7 Å². The number of hydrogen-bond donors (Lipinski definition) is 1. The molecular weight excluding hydrogens is 279 g/mol. The van der Waals surface area contributed by atoms with Crippen molar-refractivity contribution in [3.63, 3.8) is 0 Å². The molecule has 1 unspecified atom stereocenters. The smallest absolute Gasteiger partial charge is 0.406 e. The lowest BCUT2D eigenvalue weighted by Crippen LogP contribution is -2.17. The Morgan fingerprint density at radius 2 is 1.81 bits per heavy atom. The predicted molar refractivity (Wildman–Crippen MR) is 80.4 cm³/mol. The molecule has 0 heterocycles. The van der Waals surface area contributed by atoms with Crippen LogP contribution in [-0.4, -0.2) is 12.9 Å². The van der Waals surface area contributed by atoms with Gasteiger partial charge in [-0.15, -0.1) is 13.2 Å². The van der Waals surface area contributed by atoms with Crippen LogP contribution in [0.15, 0.2) is 18.2 Å². The van der Waals surface area contributed by atoms with Crippen molar-refractivity contribution in [1.82, 2.24) is 0 Å². The molecule has 2 N–H and O–H groups in total. The fourth-order valence-corrected chi connectivity index (χ4v) is 1.90. The molecule has 0 aliphatic carbocycles. The highest BCUT2D eigenvalue weighted by Gasteiger charge is 2.31. The van der Waals surface area contributed by atoms with E-state index >= 15 is 0 Å². The van der Waals surface area contributed by atoms with Gasteiger partial charge in [-0.2, -0.15) is 0 Å². The summed E-state index contributed by atoms with van der Waals surface area (Å²) in [7, 11) is 0. The molecule has 0 aliphatic heterocycles. The summed E-state index contributed by atoms with van der Waals surface area (Å²) >= 11 is 0. The molecule has 1 aromatic rings. The molecule has 0 bridgehead atoms. The fraction of sp³-hybridized carbons (Fsp3) is 0.625. The lowest BCUT2D eigenvalue weighted by Gasteiger charge is -2.14. The second-order valence-corrected chi connectivity index (χ2v) is 4.71. The third-order valence-corrected chi connectivity index (χ3v) is 3.10. The van der Waals surface area contributed by atoms with Gasteiger partial charge < -0.3 is 10.5 Å². The third kappa shape index (κ3) is 7.95. The Labute approximate surface area is 125 Å². The van der Waals surface area contributed by atoms with Crippen LogP contribution in [0, 0.1) is 5.92 Å². The van der Waals surface area contributed by atoms with Gasteiger partial charge in [0.2, 0.25) is 0 Å². The molecule has 0 saturated carbocycles. The van der Waals surface area contributed by atoms with E-state index in [2.05, 4.69) is 4.74 Å². The van der Waals surface area contributed by atoms with Gasteiger partial charge >= 0.3 is 6.36 Å². The van der Waals surface area contributed by atoms with E-state index in [-0.39, 0.29) is 5.75 Å². The minimum absolute atomic E-state index is 0.153. The number of nitrogens with two attached hydrogens (primary N) is 1. The van der Waals surface area contributed by atoms with Crippen LogP contribution in [0.3, 0.4) is 0 Å². The topological polar surface area (TPSA) is 35.2 Å². The van der Waals surface area contributed by atoms with Crippen molar-refractivity contribution in [1.29, 1.82) is 0 Å². The third-order valence-electron chi connectivity index (χ3n) is 3.10. The van der Waals surface area contributed by atoms with Crippen LogP contribution in [0.25, 0.3) is 0 Å². The molecule has 0 aliphatic rings. The summed E-state index contributed by atoms with van der Waals surface area (Å²) in [5.41, 5.74) is 7.51. The van der Waals surface area contributed by atoms with E-state index in [1.165, 1.54) is 12.1 Å². The highest BCUT2D eigenvalue weighted by Crippen LogP contribution is 2.26. The van der Waals surface area contributed by atoms with Crippen molar-refractivity contribution < 1.29 is 17.9 Å². The highest BCUT2D eigenvalue weighted by atomic mass is 19.4. The van der Waals surface area contributed by atoms with Crippen LogP contribution in [0.4, 0.5) is 13.2 Å². The monoisotopic (exact) mass is 305 g/mol. The molecule has 0 amide bonds. The van der Waals surface area contributed by atoms with Gasteiger partial charge in [0.05, 0.1) is 0 Å². The SMILES string of the molecule is CC.CCc1ccc(OC(F)(F)F)cc1CCC(C)CN. The van der Waals surface area contributed by atoms with E-state index < -0.39 is 6.36 Å². The Bertz CT molecular complexity index is 405. The first-order valence-corrected chi connectivity index (χ1v) is 7.43. The van der Waals surface area contributed by atoms with Crippen molar-refractivity contribution in [3.8, 4) is 5.75 Å². The summed E-state index contributed by atoms with van der Waals surface area (Å²) in [5.74, 6) is 0.206. The Morgan fingerprint density at radius 1 is 1.19 bits per heavy atom. The maximum atomic E-state index is 12.2. The fourth-order valence-electron chi connectivity index (χ4n) is 1.90. The Balaban J connectivity index is 0.00000191. The Hall–Kier alpha value is -1.23. The molecule has 2 nitrogen and oxygen atoms in total. The standard InChI is InChI=1S/C14H20F3NO.C2H6/c1-3-11-6-7-13(19-14(15,16)17)8-12(11)5-4-10(2)9-18;1-2/h6-8,10H,3-5,9,18H2,1-2H3;1-2H3. The molecule has 0 radical (unpaired) electrons. The molecular formula is C16H26F3NO. The van der Waals surface area contributed by atoms with Crippen molar-refractivity contribution in [2.45, 2.75) is 53.3 Å². The summed E-state index contributed by atoms with van der Waals surface area (Å²) in [6.07, 6.45) is -2.27. The summed E-state index contributed by atoms with van der Waals surface area (Å²) in [4.78, 5) is 0. The molecule has 0 aromatic heterocycles. The molecule has 21 heavy (non-hydrogen) atoms. The van der Waals surface area contributed by atoms with E-state index in [4.69, 9.17) is 5.73 Å². The Morgan fingerprint density at radius 3 is 2.29 bits per heavy atom. The van der Waals surface area contributed by atoms with E-state index in [9.17, 15) is 13.2 Å². The normalized spacial score (nSPS) is 12.4. The Kier molecular flexibility index (Phi) is 9.09. The summed E-state index contributed by atoms with van der Waals surface area (Å²) in [6.45, 7) is 8.59. The van der Waals surface area contributed by atoms with Crippen LogP contribution >= 0.6 is 0 Å². The number of rotatable bonds is 6. The second-order valence-electron chi connectivity index (χ2n) is 4.71. The van der Waals surface area contributed by atoms with E-state index in [0.717, 1.165) is 30.4 Å². The number of ether oxygens (including phenoxy) is 1. The number of alkyl halides is 3. The zero-order chi connectivity index (χ0) is 16.5. The first-order valence-electron chi connectivity index (χ1n) is 7.43. The van der Waals surface area contributed by atoms with Crippen LogP contribution in [-0.2, 0) is 12.8 Å². The van der Waals surface area contributed by atoms with Gasteiger partial charge in [-0.3, -0.25) is 0 Å². The largest absolute Gasteiger partial charge is 0.573 e. The van der Waals surface area contributed by atoms with Crippen molar-refractivity contribution in [2.75, 3.05) is 6.54 Å². The lowest BCUT2D eigenvalue weighted by atomic mass is 9.96. The average Bonchev–Trinajstić information content (AvgIpc) is 2.45. The predicted octanol–water partition coefficient (Wildman–Crippen LogP) is 4.70. The zero-order valence-electron chi connectivity index (χ0n) is 13.3. The maximum Gasteiger partial charge on any atom is 0.573 e. The number of halogens is 3. The van der Waals surface area contributed by atoms with Crippen molar-refractivity contribution >= 4 is 0 Å². The van der Waals surface area contributed by atoms with Crippen molar-refractivity contribution in [3.05, 3.63) is 29.3 Å². The van der Waals surface area contributed by atoms with Crippen LogP contribution in [0.2, 0.25) is 0 Å². The molecule has 0 saturated heterocycles. The van der Waals surface area contributed by atoms with Gasteiger partial charge in [0.25, 0.3) is 0 Å². The van der Waals surface area contributed by atoms with Crippen LogP contribution in [0.1, 0.15) is 45.2 Å². The zero-order valence-corrected chi connectivity index (χ0v) is 13.3. The minimum Gasteiger partial charge on any atom is -0.406 e. The molecule has 5 heteroatoms. The molecule has 0 fully saturated rings. The average molecular weight is 305 g/mol. The lowest BCUT2D eigenvalue weighted by molar-refractivity contribution is -0.274. The quantitative estimate of drug-likeness (QED) is 0.826. The number of benzene rings is 1. The number of hydrogen-bond acceptors (Lipinski definition) is 2. The number of aryl methyl sites for hydroxylation is 2. The van der Waals surface area contributed by atoms with Gasteiger partial charge in [0, 0.05) is 0 Å². The van der Waals surface area contributed by atoms with Gasteiger partial charge in [0.15, 0.2) is 0 Å². The van der Waals surface area contributed by atoms with Gasteiger partial charge in [-0.05, 0) is 55.0 Å². The summed E-state index contributed by atoms with van der Waals surface area (Å²) < 4.78 is 40.5. The minimum atomic E-state index is -4.64. The summed E-state index contributed by atoms with van der Waals surface area (Å²) in [6, 6.07) is 4.54. The second kappa shape index (κ2) is 9.66. The summed E-state index contributed by atoms with van der Waals surface area (Å²) in [5, 5.41) is 0. The maximum absolute atomic E-state index is 12.2. The molecule has 1 atom stereocenters. The van der Waals surface area contributed by atoms with Gasteiger partial charge in [-0.1, -0.05) is 33.8 Å². The van der Waals surface area contributed by atoms with Crippen LogP contribution in [0.5, 0.6) is 5.75 Å². The van der Waals surface area contributed by atoms with Crippen molar-refractivity contribution in [2.24, 2.45) is 11.7 Å². The first-order chi connectivity index (χ1) is 9.85. The van der Waals surface area contributed by atoms with E-state index in [0.29, 0.717) is 12.5 Å². The van der Waals surface area contributed by atoms with Crippen LogP contribution < -0.4 is 10.5 Å². The van der Waals surface area contributed by atoms with Gasteiger partial charge in [-0.25, -0.2) is 0 Å². The highest BCUT2D eigenvalue weighted by molar-refractivity contribution is 5.36. The molecule has 1 rings (SSSR count). The first kappa shape index (κ1) is 19.8.